The van der Waals surface area contributed by atoms with Gasteiger partial charge in [-0.3, -0.25) is 9.10 Å². The van der Waals surface area contributed by atoms with Crippen molar-refractivity contribution >= 4 is 21.6 Å². The predicted molar refractivity (Wildman–Crippen MR) is 133 cm³/mol. The molecule has 184 valence electrons. The van der Waals surface area contributed by atoms with Gasteiger partial charge in [-0.1, -0.05) is 23.8 Å². The Labute approximate surface area is 205 Å². The van der Waals surface area contributed by atoms with Crippen LogP contribution in [0.5, 0.6) is 17.2 Å². The summed E-state index contributed by atoms with van der Waals surface area (Å²) in [4.78, 5) is 13.2. The molecule has 0 unspecified atom stereocenters. The Bertz CT molecular complexity index is 1290. The molecule has 35 heavy (non-hydrogen) atoms. The number of nitrogens with zero attached hydrogens (tertiary/aromatic N) is 1. The molecule has 9 heteroatoms. The third-order valence-corrected chi connectivity index (χ3v) is 7.49. The number of fused-ring (bicyclic) bond motifs is 1. The molecule has 0 saturated heterocycles. The lowest BCUT2D eigenvalue weighted by Gasteiger charge is -2.26. The zero-order valence-corrected chi connectivity index (χ0v) is 20.7. The van der Waals surface area contributed by atoms with Gasteiger partial charge in [0.2, 0.25) is 5.91 Å². The number of ether oxygens (including phenoxy) is 3. The summed E-state index contributed by atoms with van der Waals surface area (Å²) in [7, 11) is -2.47. The fourth-order valence-electron chi connectivity index (χ4n) is 3.73. The maximum Gasteiger partial charge on any atom is 0.264 e. The molecule has 1 heterocycles. The third kappa shape index (κ3) is 5.51. The number of anilines is 1. The highest BCUT2D eigenvalue weighted by Gasteiger charge is 2.28. The van der Waals surface area contributed by atoms with Gasteiger partial charge in [-0.2, -0.15) is 0 Å². The molecule has 1 aliphatic heterocycles. The van der Waals surface area contributed by atoms with Gasteiger partial charge in [0.15, 0.2) is 11.5 Å². The summed E-state index contributed by atoms with van der Waals surface area (Å²) in [5.41, 5.74) is 2.11. The quantitative estimate of drug-likeness (QED) is 0.509. The largest absolute Gasteiger partial charge is 0.497 e. The van der Waals surface area contributed by atoms with E-state index in [1.54, 1.807) is 42.5 Å². The number of carbonyl (C=O) groups is 1. The molecule has 0 fully saturated rings. The van der Waals surface area contributed by atoms with Crippen molar-refractivity contribution in [3.8, 4) is 17.2 Å². The van der Waals surface area contributed by atoms with Crippen molar-refractivity contribution in [1.82, 2.24) is 5.32 Å². The molecule has 0 aromatic heterocycles. The Morgan fingerprint density at radius 1 is 1.00 bits per heavy atom. The fourth-order valence-corrected chi connectivity index (χ4v) is 5.15. The van der Waals surface area contributed by atoms with Gasteiger partial charge in [-0.15, -0.1) is 0 Å². The molecule has 1 atom stereocenters. The van der Waals surface area contributed by atoms with Gasteiger partial charge in [0.05, 0.1) is 23.7 Å². The average molecular weight is 497 g/mol. The summed E-state index contributed by atoms with van der Waals surface area (Å²) in [6.07, 6.45) is 0. The first kappa shape index (κ1) is 24.4. The van der Waals surface area contributed by atoms with E-state index >= 15 is 0 Å². The number of hydrogen-bond donors (Lipinski definition) is 1. The Balaban J connectivity index is 1.57. The number of methoxy groups -OCH3 is 1. The lowest BCUT2D eigenvalue weighted by molar-refractivity contribution is -0.120. The standard InChI is InChI=1S/C26H28N2O6S/c1-18-4-11-23(12-5-18)35(30,31)28(21-7-9-22(32-3)10-8-21)17-26(29)27-19(2)20-6-13-24-25(16-20)34-15-14-33-24/h4-13,16,19H,14-15,17H2,1-3H3,(H,27,29)/t19-/m1/s1. The topological polar surface area (TPSA) is 94.2 Å². The normalized spacial score (nSPS) is 13.6. The summed E-state index contributed by atoms with van der Waals surface area (Å²) in [5, 5.41) is 2.89. The van der Waals surface area contributed by atoms with Gasteiger partial charge in [0.25, 0.3) is 10.0 Å². The van der Waals surface area contributed by atoms with E-state index in [1.165, 1.54) is 19.2 Å². The monoisotopic (exact) mass is 496 g/mol. The summed E-state index contributed by atoms with van der Waals surface area (Å²) >= 11 is 0. The molecule has 4 rings (SSSR count). The van der Waals surface area contributed by atoms with Crippen LogP contribution in [-0.4, -0.2) is 41.2 Å². The minimum atomic E-state index is -4.00. The van der Waals surface area contributed by atoms with Crippen LogP contribution in [0.2, 0.25) is 0 Å². The zero-order valence-electron chi connectivity index (χ0n) is 19.9. The maximum absolute atomic E-state index is 13.5. The molecule has 8 nitrogen and oxygen atoms in total. The molecule has 0 radical (unpaired) electrons. The Morgan fingerprint density at radius 3 is 2.31 bits per heavy atom. The first-order chi connectivity index (χ1) is 16.8. The first-order valence-electron chi connectivity index (χ1n) is 11.2. The molecule has 3 aromatic rings. The second-order valence-corrected chi connectivity index (χ2v) is 10.1. The van der Waals surface area contributed by atoms with Crippen LogP contribution in [0.25, 0.3) is 0 Å². The first-order valence-corrected chi connectivity index (χ1v) is 12.6. The van der Waals surface area contributed by atoms with Crippen molar-refractivity contribution in [2.75, 3.05) is 31.2 Å². The Kier molecular flexibility index (Phi) is 7.16. The maximum atomic E-state index is 13.5. The molecular weight excluding hydrogens is 468 g/mol. The van der Waals surface area contributed by atoms with Gasteiger partial charge in [-0.05, 0) is 67.9 Å². The summed E-state index contributed by atoms with van der Waals surface area (Å²) in [6.45, 7) is 4.28. The number of nitrogens with one attached hydrogen (secondary N) is 1. The molecule has 1 aliphatic rings. The molecule has 1 N–H and O–H groups in total. The van der Waals surface area contributed by atoms with Gasteiger partial charge >= 0.3 is 0 Å². The summed E-state index contributed by atoms with van der Waals surface area (Å²) in [5.74, 6) is 1.42. The van der Waals surface area contributed by atoms with E-state index < -0.39 is 22.5 Å². The van der Waals surface area contributed by atoms with Gasteiger partial charge < -0.3 is 19.5 Å². The van der Waals surface area contributed by atoms with Crippen molar-refractivity contribution in [2.24, 2.45) is 0 Å². The number of aryl methyl sites for hydroxylation is 1. The molecular formula is C26H28N2O6S. The van der Waals surface area contributed by atoms with Crippen LogP contribution in [-0.2, 0) is 14.8 Å². The van der Waals surface area contributed by atoms with Gasteiger partial charge in [0.1, 0.15) is 25.5 Å². The van der Waals surface area contributed by atoms with E-state index in [-0.39, 0.29) is 10.9 Å². The summed E-state index contributed by atoms with van der Waals surface area (Å²) in [6, 6.07) is 18.2. The van der Waals surface area contributed by atoms with E-state index in [0.717, 1.165) is 15.4 Å². The van der Waals surface area contributed by atoms with E-state index in [9.17, 15) is 13.2 Å². The van der Waals surface area contributed by atoms with Crippen LogP contribution in [0.3, 0.4) is 0 Å². The third-order valence-electron chi connectivity index (χ3n) is 5.70. The van der Waals surface area contributed by atoms with E-state index in [1.807, 2.05) is 26.0 Å². The lowest BCUT2D eigenvalue weighted by atomic mass is 10.1. The van der Waals surface area contributed by atoms with Crippen molar-refractivity contribution in [3.05, 3.63) is 77.9 Å². The molecule has 0 bridgehead atoms. The van der Waals surface area contributed by atoms with E-state index in [4.69, 9.17) is 14.2 Å². The van der Waals surface area contributed by atoms with Crippen LogP contribution in [0.15, 0.2) is 71.6 Å². The van der Waals surface area contributed by atoms with E-state index in [2.05, 4.69) is 5.32 Å². The SMILES string of the molecule is COc1ccc(N(CC(=O)N[C@H](C)c2ccc3c(c2)OCCO3)S(=O)(=O)c2ccc(C)cc2)cc1. The van der Waals surface area contributed by atoms with Crippen LogP contribution in [0, 0.1) is 6.92 Å². The van der Waals surface area contributed by atoms with Crippen LogP contribution < -0.4 is 23.8 Å². The molecule has 0 spiro atoms. The molecule has 0 saturated carbocycles. The lowest BCUT2D eigenvalue weighted by Crippen LogP contribution is -2.41. The highest BCUT2D eigenvalue weighted by atomic mass is 32.2. The van der Waals surface area contributed by atoms with Crippen molar-refractivity contribution in [1.29, 1.82) is 0 Å². The number of rotatable bonds is 8. The second-order valence-electron chi connectivity index (χ2n) is 8.22. The predicted octanol–water partition coefficient (Wildman–Crippen LogP) is 3.85. The number of amides is 1. The zero-order chi connectivity index (χ0) is 25.0. The average Bonchev–Trinajstić information content (AvgIpc) is 2.87. The smallest absolute Gasteiger partial charge is 0.264 e. The fraction of sp³-hybridized carbons (Fsp3) is 0.269. The highest BCUT2D eigenvalue weighted by Crippen LogP contribution is 2.32. The molecule has 3 aromatic carbocycles. The Hall–Kier alpha value is -3.72. The van der Waals surface area contributed by atoms with Gasteiger partial charge in [-0.25, -0.2) is 8.42 Å². The number of sulfonamides is 1. The van der Waals surface area contributed by atoms with Gasteiger partial charge in [0, 0.05) is 0 Å². The van der Waals surface area contributed by atoms with Crippen molar-refractivity contribution in [2.45, 2.75) is 24.8 Å². The van der Waals surface area contributed by atoms with E-state index in [0.29, 0.717) is 36.1 Å². The van der Waals surface area contributed by atoms with Crippen LogP contribution >= 0.6 is 0 Å². The number of benzene rings is 3. The second kappa shape index (κ2) is 10.3. The minimum absolute atomic E-state index is 0.103. The molecule has 1 amide bonds. The van der Waals surface area contributed by atoms with Crippen molar-refractivity contribution < 1.29 is 27.4 Å². The van der Waals surface area contributed by atoms with Crippen molar-refractivity contribution in [3.63, 3.8) is 0 Å². The number of carbonyl (C=O) groups excluding carboxylic acids is 1. The minimum Gasteiger partial charge on any atom is -0.497 e. The van der Waals surface area contributed by atoms with Crippen LogP contribution in [0.1, 0.15) is 24.1 Å². The summed E-state index contributed by atoms with van der Waals surface area (Å²) < 4.78 is 44.5. The number of hydrogen-bond acceptors (Lipinski definition) is 6. The molecule has 0 aliphatic carbocycles. The Morgan fingerprint density at radius 2 is 1.66 bits per heavy atom. The van der Waals surface area contributed by atoms with Crippen LogP contribution in [0.4, 0.5) is 5.69 Å². The highest BCUT2D eigenvalue weighted by molar-refractivity contribution is 7.92.